The van der Waals surface area contributed by atoms with Crippen molar-refractivity contribution in [2.24, 2.45) is 0 Å². The Kier molecular flexibility index (Phi) is 8.53. The number of tetrazole rings is 1. The van der Waals surface area contributed by atoms with Crippen molar-refractivity contribution in [2.75, 3.05) is 19.4 Å². The Morgan fingerprint density at radius 3 is 2.70 bits per heavy atom. The van der Waals surface area contributed by atoms with Crippen LogP contribution in [0.2, 0.25) is 0 Å². The first kappa shape index (κ1) is 22.6. The Bertz CT molecular complexity index is 936. The van der Waals surface area contributed by atoms with Gasteiger partial charge in [-0.1, -0.05) is 45.9 Å². The summed E-state index contributed by atoms with van der Waals surface area (Å²) in [6.07, 6.45) is 1.05. The van der Waals surface area contributed by atoms with Crippen LogP contribution in [0.15, 0.2) is 52.1 Å². The largest absolute Gasteiger partial charge is 0.493 e. The van der Waals surface area contributed by atoms with Crippen LogP contribution in [-0.2, 0) is 6.54 Å². The highest BCUT2D eigenvalue weighted by molar-refractivity contribution is 9.10. The fraction of sp³-hybridized carbons (Fsp3) is 0.381. The van der Waals surface area contributed by atoms with Crippen LogP contribution in [-0.4, -0.2) is 45.7 Å². The van der Waals surface area contributed by atoms with E-state index in [1.165, 1.54) is 0 Å². The minimum Gasteiger partial charge on any atom is -0.493 e. The van der Waals surface area contributed by atoms with E-state index < -0.39 is 0 Å². The molecule has 0 fully saturated rings. The molecule has 0 radical (unpaired) electrons. The van der Waals surface area contributed by atoms with E-state index in [0.29, 0.717) is 6.54 Å². The molecule has 1 aromatic heterocycles. The van der Waals surface area contributed by atoms with Crippen molar-refractivity contribution in [1.29, 1.82) is 0 Å². The zero-order valence-corrected chi connectivity index (χ0v) is 19.7. The summed E-state index contributed by atoms with van der Waals surface area (Å²) < 4.78 is 14.3. The number of ether oxygens (including phenoxy) is 2. The van der Waals surface area contributed by atoms with Crippen LogP contribution < -0.4 is 14.8 Å². The van der Waals surface area contributed by atoms with Crippen LogP contribution in [0.25, 0.3) is 5.69 Å². The first-order chi connectivity index (χ1) is 14.6. The van der Waals surface area contributed by atoms with Crippen molar-refractivity contribution >= 4 is 27.7 Å². The maximum atomic E-state index is 6.01. The third-order valence-corrected chi connectivity index (χ3v) is 5.96. The van der Waals surface area contributed by atoms with Gasteiger partial charge in [-0.25, -0.2) is 0 Å². The number of rotatable bonds is 11. The molecule has 9 heteroatoms. The molecule has 7 nitrogen and oxygen atoms in total. The van der Waals surface area contributed by atoms with Crippen molar-refractivity contribution in [1.82, 2.24) is 25.5 Å². The summed E-state index contributed by atoms with van der Waals surface area (Å²) in [6, 6.07) is 13.8. The molecule has 0 aliphatic carbocycles. The van der Waals surface area contributed by atoms with Crippen LogP contribution in [0.5, 0.6) is 11.5 Å². The van der Waals surface area contributed by atoms with Crippen LogP contribution in [0, 0.1) is 0 Å². The van der Waals surface area contributed by atoms with Gasteiger partial charge in [0.15, 0.2) is 11.5 Å². The highest BCUT2D eigenvalue weighted by Gasteiger charge is 2.15. The van der Waals surface area contributed by atoms with Crippen LogP contribution in [0.1, 0.15) is 25.8 Å². The first-order valence-electron chi connectivity index (χ1n) is 9.79. The molecule has 160 valence electrons. The topological polar surface area (TPSA) is 74.1 Å². The number of halogens is 1. The fourth-order valence-corrected chi connectivity index (χ4v) is 4.13. The molecule has 3 rings (SSSR count). The number of hydrogen-bond acceptors (Lipinski definition) is 7. The second-order valence-corrected chi connectivity index (χ2v) is 8.73. The van der Waals surface area contributed by atoms with Gasteiger partial charge >= 0.3 is 0 Å². The molecule has 0 atom stereocenters. The van der Waals surface area contributed by atoms with Gasteiger partial charge in [0, 0.05) is 22.3 Å². The van der Waals surface area contributed by atoms with E-state index in [2.05, 4.69) is 36.8 Å². The number of methoxy groups -OCH3 is 1. The highest BCUT2D eigenvalue weighted by Crippen LogP contribution is 2.36. The molecule has 0 saturated heterocycles. The zero-order valence-electron chi connectivity index (χ0n) is 17.3. The third kappa shape index (κ3) is 5.96. The normalized spacial score (nSPS) is 11.1. The average Bonchev–Trinajstić information content (AvgIpc) is 3.21. The van der Waals surface area contributed by atoms with Crippen LogP contribution >= 0.6 is 27.7 Å². The standard InChI is InChI=1S/C21H26BrN5O2S/c1-15(2)29-20-17(18(22)10-11-19(20)28-3)14-23-12-7-13-30-21-24-25-26-27(21)16-8-5-4-6-9-16/h4-6,8-11,15,23H,7,12-14H2,1-3H3. The lowest BCUT2D eigenvalue weighted by Crippen LogP contribution is -2.18. The molecular formula is C21H26BrN5O2S. The van der Waals surface area contributed by atoms with Gasteiger partial charge in [-0.2, -0.15) is 4.68 Å². The Balaban J connectivity index is 1.50. The molecule has 0 bridgehead atoms. The lowest BCUT2D eigenvalue weighted by atomic mass is 10.1. The molecule has 1 heterocycles. The molecule has 0 saturated carbocycles. The van der Waals surface area contributed by atoms with Gasteiger partial charge in [0.05, 0.1) is 18.9 Å². The Hall–Kier alpha value is -2.10. The molecule has 0 aliphatic heterocycles. The van der Waals surface area contributed by atoms with Crippen molar-refractivity contribution in [3.8, 4) is 17.2 Å². The molecule has 0 spiro atoms. The number of thioether (sulfide) groups is 1. The predicted octanol–water partition coefficient (Wildman–Crippen LogP) is 4.49. The van der Waals surface area contributed by atoms with E-state index in [0.717, 1.165) is 51.1 Å². The summed E-state index contributed by atoms with van der Waals surface area (Å²) in [5, 5.41) is 16.3. The van der Waals surface area contributed by atoms with E-state index in [-0.39, 0.29) is 6.10 Å². The summed E-state index contributed by atoms with van der Waals surface area (Å²) in [5.41, 5.74) is 2.02. The van der Waals surface area contributed by atoms with Crippen molar-refractivity contribution in [2.45, 2.75) is 38.1 Å². The van der Waals surface area contributed by atoms with Crippen LogP contribution in [0.4, 0.5) is 0 Å². The van der Waals surface area contributed by atoms with E-state index >= 15 is 0 Å². The number of hydrogen-bond donors (Lipinski definition) is 1. The summed E-state index contributed by atoms with van der Waals surface area (Å²) in [7, 11) is 1.66. The van der Waals surface area contributed by atoms with Gasteiger partial charge in [-0.05, 0) is 61.5 Å². The van der Waals surface area contributed by atoms with Gasteiger partial charge in [-0.3, -0.25) is 0 Å². The molecule has 1 N–H and O–H groups in total. The molecule has 2 aromatic carbocycles. The quantitative estimate of drug-likeness (QED) is 0.312. The fourth-order valence-electron chi connectivity index (χ4n) is 2.85. The van der Waals surface area contributed by atoms with Gasteiger partial charge in [0.2, 0.25) is 5.16 Å². The van der Waals surface area contributed by atoms with Gasteiger partial charge in [0.25, 0.3) is 0 Å². The van der Waals surface area contributed by atoms with Gasteiger partial charge in [0.1, 0.15) is 0 Å². The van der Waals surface area contributed by atoms with Crippen LogP contribution in [0.3, 0.4) is 0 Å². The average molecular weight is 492 g/mol. The molecule has 30 heavy (non-hydrogen) atoms. The van der Waals surface area contributed by atoms with Crippen molar-refractivity contribution < 1.29 is 9.47 Å². The van der Waals surface area contributed by atoms with Gasteiger partial charge < -0.3 is 14.8 Å². The summed E-state index contributed by atoms with van der Waals surface area (Å²) >= 11 is 5.28. The van der Waals surface area contributed by atoms with E-state index in [4.69, 9.17) is 9.47 Å². The Labute approximate surface area is 189 Å². The second kappa shape index (κ2) is 11.3. The minimum atomic E-state index is 0.0684. The minimum absolute atomic E-state index is 0.0684. The molecule has 0 amide bonds. The number of nitrogens with zero attached hydrogens (tertiary/aromatic N) is 4. The number of benzene rings is 2. The predicted molar refractivity (Wildman–Crippen MR) is 123 cm³/mol. The van der Waals surface area contributed by atoms with Crippen molar-refractivity contribution in [3.05, 3.63) is 52.5 Å². The summed E-state index contributed by atoms with van der Waals surface area (Å²) in [6.45, 7) is 5.58. The van der Waals surface area contributed by atoms with Crippen molar-refractivity contribution in [3.63, 3.8) is 0 Å². The van der Waals surface area contributed by atoms with Gasteiger partial charge in [-0.15, -0.1) is 5.10 Å². The number of para-hydroxylation sites is 1. The lowest BCUT2D eigenvalue weighted by Gasteiger charge is -2.19. The van der Waals surface area contributed by atoms with E-state index in [1.54, 1.807) is 23.6 Å². The number of nitrogens with one attached hydrogen (secondary N) is 1. The zero-order chi connectivity index (χ0) is 21.3. The maximum absolute atomic E-state index is 6.01. The Morgan fingerprint density at radius 1 is 1.17 bits per heavy atom. The smallest absolute Gasteiger partial charge is 0.214 e. The maximum Gasteiger partial charge on any atom is 0.214 e. The lowest BCUT2D eigenvalue weighted by molar-refractivity contribution is 0.227. The monoisotopic (exact) mass is 491 g/mol. The molecule has 0 unspecified atom stereocenters. The first-order valence-corrected chi connectivity index (χ1v) is 11.6. The highest BCUT2D eigenvalue weighted by atomic mass is 79.9. The molecule has 3 aromatic rings. The number of aromatic nitrogens is 4. The third-order valence-electron chi connectivity index (χ3n) is 4.21. The molecule has 0 aliphatic rings. The SMILES string of the molecule is COc1ccc(Br)c(CNCCCSc2nnnn2-c2ccccc2)c1OC(C)C. The summed E-state index contributed by atoms with van der Waals surface area (Å²) in [4.78, 5) is 0. The van der Waals surface area contributed by atoms with E-state index in [9.17, 15) is 0 Å². The summed E-state index contributed by atoms with van der Waals surface area (Å²) in [5.74, 6) is 2.44. The molecular weight excluding hydrogens is 466 g/mol. The second-order valence-electron chi connectivity index (χ2n) is 6.81. The Morgan fingerprint density at radius 2 is 1.97 bits per heavy atom. The van der Waals surface area contributed by atoms with E-state index in [1.807, 2.05) is 56.3 Å².